The van der Waals surface area contributed by atoms with Crippen LogP contribution in [0.5, 0.6) is 23.0 Å². The van der Waals surface area contributed by atoms with Crippen molar-refractivity contribution in [3.05, 3.63) is 59.0 Å². The van der Waals surface area contributed by atoms with Gasteiger partial charge >= 0.3 is 5.97 Å². The number of hydrogen-bond donors (Lipinski definition) is 1. The van der Waals surface area contributed by atoms with Crippen LogP contribution in [0, 0.1) is 0 Å². The number of nitrogens with one attached hydrogen (secondary N) is 1. The molecule has 9 nitrogen and oxygen atoms in total. The smallest absolute Gasteiger partial charge is 0.330 e. The number of methoxy groups -OCH3 is 5. The molecule has 0 bridgehead atoms. The molecule has 2 aromatic rings. The zero-order valence-corrected chi connectivity index (χ0v) is 20.6. The van der Waals surface area contributed by atoms with Gasteiger partial charge in [0.25, 0.3) is 0 Å². The highest BCUT2D eigenvalue weighted by Gasteiger charge is 2.14. The molecule has 0 saturated carbocycles. The van der Waals surface area contributed by atoms with Gasteiger partial charge in [-0.1, -0.05) is 12.1 Å². The summed E-state index contributed by atoms with van der Waals surface area (Å²) in [7, 11) is 3.64. The van der Waals surface area contributed by atoms with Crippen molar-refractivity contribution in [2.75, 3.05) is 47.4 Å². The van der Waals surface area contributed by atoms with E-state index in [0.717, 1.165) is 5.41 Å². The van der Waals surface area contributed by atoms with Crippen LogP contribution < -0.4 is 24.3 Å². The lowest BCUT2D eigenvalue weighted by Crippen LogP contribution is -2.05. The number of carbonyl (C=O) groups excluding carboxylic acids is 1. The third-order valence-electron chi connectivity index (χ3n) is 4.69. The largest absolute Gasteiger partial charge is 0.496 e. The van der Waals surface area contributed by atoms with Gasteiger partial charge in [0.05, 0.1) is 52.6 Å². The minimum Gasteiger partial charge on any atom is -0.496 e. The Morgan fingerprint density at radius 1 is 0.912 bits per heavy atom. The Morgan fingerprint density at radius 2 is 1.56 bits per heavy atom. The second-order valence-electron chi connectivity index (χ2n) is 6.90. The van der Waals surface area contributed by atoms with Crippen molar-refractivity contribution in [2.45, 2.75) is 5.75 Å². The summed E-state index contributed by atoms with van der Waals surface area (Å²) in [4.78, 5) is 11.2. The Hall–Kier alpha value is -3.66. The van der Waals surface area contributed by atoms with E-state index in [4.69, 9.17) is 18.9 Å². The van der Waals surface area contributed by atoms with E-state index in [2.05, 4.69) is 10.1 Å². The van der Waals surface area contributed by atoms with Gasteiger partial charge in [0.2, 0.25) is 0 Å². The average molecular weight is 492 g/mol. The molecule has 0 radical (unpaired) electrons. The topological polar surface area (TPSA) is 109 Å². The van der Waals surface area contributed by atoms with E-state index in [9.17, 15) is 13.2 Å². The molecule has 34 heavy (non-hydrogen) atoms. The minimum absolute atomic E-state index is 0.235. The monoisotopic (exact) mass is 491 g/mol. The van der Waals surface area contributed by atoms with Gasteiger partial charge in [0.15, 0.2) is 9.84 Å². The Labute approximate surface area is 199 Å². The maximum absolute atomic E-state index is 12.8. The van der Waals surface area contributed by atoms with Crippen LogP contribution >= 0.6 is 0 Å². The molecule has 0 amide bonds. The molecule has 2 rings (SSSR count). The molecule has 0 saturated heterocycles. The Balaban J connectivity index is 2.24. The van der Waals surface area contributed by atoms with Gasteiger partial charge in [0.1, 0.15) is 23.0 Å². The van der Waals surface area contributed by atoms with Gasteiger partial charge in [0, 0.05) is 30.2 Å². The Bertz CT molecular complexity index is 1130. The Morgan fingerprint density at radius 3 is 2.12 bits per heavy atom. The fraction of sp³-hybridized carbons (Fsp3) is 0.292. The molecule has 0 fully saturated rings. The van der Waals surface area contributed by atoms with E-state index in [1.54, 1.807) is 36.4 Å². The molecule has 0 atom stereocenters. The number of hydrogen-bond acceptors (Lipinski definition) is 9. The molecule has 0 aromatic heterocycles. The number of sulfone groups is 1. The van der Waals surface area contributed by atoms with Crippen molar-refractivity contribution in [3.8, 4) is 23.0 Å². The number of esters is 1. The highest BCUT2D eigenvalue weighted by atomic mass is 32.2. The second kappa shape index (κ2) is 12.5. The van der Waals surface area contributed by atoms with Gasteiger partial charge in [-0.15, -0.1) is 0 Å². The summed E-state index contributed by atoms with van der Waals surface area (Å²) in [5, 5.41) is 4.21. The fourth-order valence-corrected chi connectivity index (χ4v) is 4.11. The molecule has 0 aliphatic heterocycles. The van der Waals surface area contributed by atoms with Crippen LogP contribution in [0.3, 0.4) is 0 Å². The number of ether oxygens (including phenoxy) is 5. The van der Waals surface area contributed by atoms with E-state index < -0.39 is 15.8 Å². The van der Waals surface area contributed by atoms with Crippen LogP contribution in [-0.4, -0.2) is 56.5 Å². The van der Waals surface area contributed by atoms with E-state index in [0.29, 0.717) is 46.4 Å². The summed E-state index contributed by atoms with van der Waals surface area (Å²) in [5.74, 6) is 1.19. The molecule has 1 N–H and O–H groups in total. The van der Waals surface area contributed by atoms with Crippen LogP contribution in [0.4, 0.5) is 5.69 Å². The van der Waals surface area contributed by atoms with Crippen molar-refractivity contribution in [3.63, 3.8) is 0 Å². The maximum atomic E-state index is 12.8. The zero-order chi connectivity index (χ0) is 25.1. The van der Waals surface area contributed by atoms with Crippen molar-refractivity contribution in [1.82, 2.24) is 0 Å². The number of carbonyl (C=O) groups is 1. The van der Waals surface area contributed by atoms with Gasteiger partial charge < -0.3 is 29.0 Å². The van der Waals surface area contributed by atoms with Crippen LogP contribution in [0.2, 0.25) is 0 Å². The van der Waals surface area contributed by atoms with Gasteiger partial charge in [-0.3, -0.25) is 0 Å². The lowest BCUT2D eigenvalue weighted by Gasteiger charge is -2.13. The lowest BCUT2D eigenvalue weighted by atomic mass is 10.1. The van der Waals surface area contributed by atoms with Crippen molar-refractivity contribution >= 4 is 27.6 Å². The first kappa shape index (κ1) is 26.6. The summed E-state index contributed by atoms with van der Waals surface area (Å²) >= 11 is 0. The molecule has 0 spiro atoms. The second-order valence-corrected chi connectivity index (χ2v) is 8.78. The standard InChI is InChI=1S/C24H29NO8S/c1-29-18-14-22(31-3)19(23(15-18)32-4)10-12-34(27,28)16-17-8-9-21(30-2)20(13-17)25-11-6-7-24(26)33-5/h6-10,12-15,25H,11,16H2,1-5H3/b7-6+,12-10+. The summed E-state index contributed by atoms with van der Waals surface area (Å²) in [6, 6.07) is 8.32. The summed E-state index contributed by atoms with van der Waals surface area (Å²) in [6.45, 7) is 0.318. The molecule has 10 heteroatoms. The third kappa shape index (κ3) is 7.45. The SMILES string of the molecule is COC(=O)/C=C/CNc1cc(CS(=O)(=O)/C=C/c2c(OC)cc(OC)cc2OC)ccc1OC. The highest BCUT2D eigenvalue weighted by molar-refractivity contribution is 7.93. The molecular formula is C24H29NO8S. The highest BCUT2D eigenvalue weighted by Crippen LogP contribution is 2.35. The van der Waals surface area contributed by atoms with Crippen molar-refractivity contribution in [2.24, 2.45) is 0 Å². The lowest BCUT2D eigenvalue weighted by molar-refractivity contribution is -0.134. The minimum atomic E-state index is -3.64. The van der Waals surface area contributed by atoms with Crippen LogP contribution in [-0.2, 0) is 25.1 Å². The average Bonchev–Trinajstić information content (AvgIpc) is 2.84. The molecule has 0 unspecified atom stereocenters. The predicted molar refractivity (Wildman–Crippen MR) is 130 cm³/mol. The van der Waals surface area contributed by atoms with Crippen LogP contribution in [0.1, 0.15) is 11.1 Å². The number of anilines is 1. The summed E-state index contributed by atoms with van der Waals surface area (Å²) in [5.41, 5.74) is 1.62. The zero-order valence-electron chi connectivity index (χ0n) is 19.8. The first-order chi connectivity index (χ1) is 16.3. The maximum Gasteiger partial charge on any atom is 0.330 e. The van der Waals surface area contributed by atoms with Gasteiger partial charge in [-0.2, -0.15) is 0 Å². The first-order valence-electron chi connectivity index (χ1n) is 10.1. The third-order valence-corrected chi connectivity index (χ3v) is 5.98. The fourth-order valence-electron chi connectivity index (χ4n) is 3.02. The van der Waals surface area contributed by atoms with Crippen LogP contribution in [0.25, 0.3) is 6.08 Å². The molecule has 184 valence electrons. The molecule has 0 aliphatic rings. The number of rotatable bonds is 12. The van der Waals surface area contributed by atoms with Crippen molar-refractivity contribution in [1.29, 1.82) is 0 Å². The summed E-state index contributed by atoms with van der Waals surface area (Å²) in [6.07, 6.45) is 4.32. The quantitative estimate of drug-likeness (QED) is 0.353. The Kier molecular flexibility index (Phi) is 9.81. The molecular weight excluding hydrogens is 462 g/mol. The molecule has 2 aromatic carbocycles. The van der Waals surface area contributed by atoms with Crippen LogP contribution in [0.15, 0.2) is 47.9 Å². The predicted octanol–water partition coefficient (Wildman–Crippen LogP) is 3.45. The first-order valence-corrected chi connectivity index (χ1v) is 11.8. The van der Waals surface area contributed by atoms with Gasteiger partial charge in [-0.05, 0) is 23.8 Å². The molecule has 0 heterocycles. The molecule has 0 aliphatic carbocycles. The van der Waals surface area contributed by atoms with E-state index >= 15 is 0 Å². The van der Waals surface area contributed by atoms with E-state index in [1.165, 1.54) is 47.7 Å². The summed E-state index contributed by atoms with van der Waals surface area (Å²) < 4.78 is 51.5. The van der Waals surface area contributed by atoms with E-state index in [-0.39, 0.29) is 5.75 Å². The van der Waals surface area contributed by atoms with Gasteiger partial charge in [-0.25, -0.2) is 13.2 Å². The normalized spacial score (nSPS) is 11.4. The van der Waals surface area contributed by atoms with E-state index in [1.807, 2.05) is 0 Å². The van der Waals surface area contributed by atoms with Crippen molar-refractivity contribution < 1.29 is 36.9 Å². The number of benzene rings is 2.